The van der Waals surface area contributed by atoms with Gasteiger partial charge in [0.25, 0.3) is 0 Å². The molecule has 1 aliphatic heterocycles. The third-order valence-electron chi connectivity index (χ3n) is 21.0. The van der Waals surface area contributed by atoms with Crippen LogP contribution < -0.4 is 16.4 Å². The Morgan fingerprint density at radius 3 is 2.49 bits per heavy atom. The summed E-state index contributed by atoms with van der Waals surface area (Å²) in [7, 11) is 0. The van der Waals surface area contributed by atoms with Crippen LogP contribution in [0.2, 0.25) is 0 Å². The summed E-state index contributed by atoms with van der Waals surface area (Å²) >= 11 is 0. The molecule has 1 saturated heterocycles. The van der Waals surface area contributed by atoms with E-state index in [0.29, 0.717) is 43.2 Å². The van der Waals surface area contributed by atoms with Crippen molar-refractivity contribution in [3.05, 3.63) is 82.8 Å². The number of nitrogens with zero attached hydrogens (tertiary/aromatic N) is 1. The number of carbonyl (C=O) groups is 3. The van der Waals surface area contributed by atoms with Crippen molar-refractivity contribution in [1.29, 1.82) is 0 Å². The summed E-state index contributed by atoms with van der Waals surface area (Å²) in [6.07, 6.45) is 9.66. The van der Waals surface area contributed by atoms with E-state index in [-0.39, 0.29) is 111 Å². The molecule has 19 unspecified atom stereocenters. The topological polar surface area (TPSA) is 240 Å². The average molecular weight is 1030 g/mol. The third-order valence-corrected chi connectivity index (χ3v) is 21.0. The molecule has 0 amide bonds. The number of carbonyl (C=O) groups excluding carboxylic acids is 3. The molecule has 7 aliphatic carbocycles. The molecule has 1 aromatic heterocycles. The van der Waals surface area contributed by atoms with E-state index < -0.39 is 69.9 Å². The van der Waals surface area contributed by atoms with Crippen LogP contribution >= 0.6 is 0 Å². The number of ketones is 2. The number of aliphatic imine (C=N–C) groups is 1. The molecule has 1 aromatic carbocycles. The summed E-state index contributed by atoms with van der Waals surface area (Å²) < 4.78 is 5.94. The predicted molar refractivity (Wildman–Crippen MR) is 285 cm³/mol. The van der Waals surface area contributed by atoms with E-state index in [1.54, 1.807) is 6.92 Å². The highest BCUT2D eigenvalue weighted by atomic mass is 16.5. The first-order valence-electron chi connectivity index (χ1n) is 28.3. The highest BCUT2D eigenvalue weighted by Gasteiger charge is 2.74. The molecule has 2 aromatic rings. The minimum absolute atomic E-state index is 0.0264. The number of aromatic nitrogens is 1. The number of guanidine groups is 1. The number of cyclic esters (lactones) is 1. The molecule has 2 heterocycles. The fourth-order valence-corrected chi connectivity index (χ4v) is 17.3. The lowest BCUT2D eigenvalue weighted by Gasteiger charge is -2.62. The lowest BCUT2D eigenvalue weighted by Crippen LogP contribution is -2.66. The molecule has 75 heavy (non-hydrogen) atoms. The van der Waals surface area contributed by atoms with Gasteiger partial charge in [-0.05, 0) is 161 Å². The molecule has 10 rings (SSSR count). The number of fused-ring (bicyclic) bond motifs is 10. The molecule has 10 N–H and O–H groups in total. The molecular formula is C61H83N5O9. The van der Waals surface area contributed by atoms with Gasteiger partial charge in [0.15, 0.2) is 11.7 Å². The fraction of sp³-hybridized carbons (Fsp3) is 0.672. The van der Waals surface area contributed by atoms with Crippen LogP contribution in [0.25, 0.3) is 0 Å². The second-order valence-electron chi connectivity index (χ2n) is 25.3. The van der Waals surface area contributed by atoms with Crippen LogP contribution in [0.1, 0.15) is 135 Å². The maximum atomic E-state index is 15.2. The number of ether oxygens (including phenoxy) is 1. The van der Waals surface area contributed by atoms with Gasteiger partial charge in [0, 0.05) is 54.4 Å². The Morgan fingerprint density at radius 2 is 1.75 bits per heavy atom. The SMILES string of the molecule is CC(=O)CNC1=C2C(CCC3(CCNC(N)=NCc4ccccc4)C4C(CC#CC(C5COC(=O)C5c5cc[nH]c5)CC5C6CC(C)CCC6=CCC5C(C)CC(O)C4(C)O)CC23O)C2(C)CC(O)C(O)CC2C1=O. The first-order valence-corrected chi connectivity index (χ1v) is 28.3. The standard InChI is InChI=1S/C61H83N5O9/c1-34-14-15-38-16-17-42-35(2)25-50(70)59(5,73)55-40(13-9-12-39(26-44(42)43(38)24-34)45-33-75-56(72)51(45)41-19-22-63-32-41)28-61(74)52-46(18-20-60(55,61)21-23-64-57(62)66-31-37-10-7-6-8-11-37)58(4)29-49(69)48(68)27-47(58)54(71)53(52)65-30-36(3)67/h6-8,10-11,16,19,22,32,34-35,39-40,42-51,55,63,65,68-70,73-74H,13-15,17-18,20-21,23-31,33H2,1-5H3,(H3,62,64,66). The smallest absolute Gasteiger partial charge is 0.313 e. The molecule has 14 nitrogen and oxygen atoms in total. The van der Waals surface area contributed by atoms with E-state index in [4.69, 9.17) is 10.5 Å². The molecule has 4 saturated carbocycles. The van der Waals surface area contributed by atoms with E-state index in [1.165, 1.54) is 12.5 Å². The highest BCUT2D eigenvalue weighted by Crippen LogP contribution is 2.72. The first-order chi connectivity index (χ1) is 35.8. The van der Waals surface area contributed by atoms with E-state index >= 15 is 4.79 Å². The van der Waals surface area contributed by atoms with Gasteiger partial charge in [0.1, 0.15) is 5.78 Å². The van der Waals surface area contributed by atoms with Crippen LogP contribution in [0.5, 0.6) is 0 Å². The number of aromatic amines is 1. The largest absolute Gasteiger partial charge is 0.465 e. The minimum atomic E-state index is -1.79. The molecule has 0 spiro atoms. The second-order valence-corrected chi connectivity index (χ2v) is 25.3. The molecule has 14 heteroatoms. The normalized spacial score (nSPS) is 42.8. The lowest BCUT2D eigenvalue weighted by atomic mass is 9.44. The summed E-state index contributed by atoms with van der Waals surface area (Å²) in [5, 5.41) is 70.1. The lowest BCUT2D eigenvalue weighted by molar-refractivity contribution is -0.190. The van der Waals surface area contributed by atoms with Crippen molar-refractivity contribution in [3.8, 4) is 11.8 Å². The summed E-state index contributed by atoms with van der Waals surface area (Å²) in [5.41, 5.74) is 5.02. The Morgan fingerprint density at radius 1 is 0.960 bits per heavy atom. The summed E-state index contributed by atoms with van der Waals surface area (Å²) in [4.78, 5) is 49.6. The van der Waals surface area contributed by atoms with Gasteiger partial charge >= 0.3 is 5.97 Å². The summed E-state index contributed by atoms with van der Waals surface area (Å²) in [6.45, 7) is 10.4. The Labute approximate surface area is 443 Å². The van der Waals surface area contributed by atoms with Crippen molar-refractivity contribution in [1.82, 2.24) is 15.6 Å². The molecule has 5 fully saturated rings. The molecular weight excluding hydrogens is 947 g/mol. The maximum Gasteiger partial charge on any atom is 0.313 e. The summed E-state index contributed by atoms with van der Waals surface area (Å²) in [6, 6.07) is 11.7. The van der Waals surface area contributed by atoms with Gasteiger partial charge in [-0.15, -0.1) is 5.92 Å². The van der Waals surface area contributed by atoms with Crippen molar-refractivity contribution in [2.45, 2.75) is 160 Å². The Balaban J connectivity index is 1.11. The molecule has 406 valence electrons. The van der Waals surface area contributed by atoms with Crippen molar-refractivity contribution >= 4 is 23.5 Å². The van der Waals surface area contributed by atoms with E-state index in [0.717, 1.165) is 43.2 Å². The van der Waals surface area contributed by atoms with Gasteiger partial charge in [-0.2, -0.15) is 0 Å². The fourth-order valence-electron chi connectivity index (χ4n) is 17.3. The zero-order valence-electron chi connectivity index (χ0n) is 44.8. The second kappa shape index (κ2) is 20.9. The highest BCUT2D eigenvalue weighted by molar-refractivity contribution is 6.00. The number of nitrogens with two attached hydrogens (primary N) is 1. The number of esters is 1. The van der Waals surface area contributed by atoms with Crippen LogP contribution in [-0.2, 0) is 25.7 Å². The van der Waals surface area contributed by atoms with Crippen LogP contribution in [0.4, 0.5) is 0 Å². The van der Waals surface area contributed by atoms with Crippen LogP contribution in [-0.4, -0.2) is 103 Å². The monoisotopic (exact) mass is 1030 g/mol. The quantitative estimate of drug-likeness (QED) is 0.0423. The van der Waals surface area contributed by atoms with Crippen LogP contribution in [0.3, 0.4) is 0 Å². The number of hydrogen-bond acceptors (Lipinski definition) is 11. The predicted octanol–water partition coefficient (Wildman–Crippen LogP) is 6.23. The zero-order chi connectivity index (χ0) is 53.2. The number of allylic oxidation sites excluding steroid dienone is 3. The summed E-state index contributed by atoms with van der Waals surface area (Å²) in [5.74, 6) is 4.92. The molecule has 19 atom stereocenters. The minimum Gasteiger partial charge on any atom is -0.465 e. The zero-order valence-corrected chi connectivity index (χ0v) is 44.8. The number of Topliss-reactive ketones (excluding diaryl/α,β-unsaturated/α-hetero) is 2. The van der Waals surface area contributed by atoms with E-state index in [2.05, 4.69) is 52.4 Å². The number of rotatable bonds is 10. The van der Waals surface area contributed by atoms with E-state index in [9.17, 15) is 35.1 Å². The van der Waals surface area contributed by atoms with Crippen molar-refractivity contribution < 1.29 is 44.7 Å². The average Bonchev–Trinajstić information content (AvgIpc) is 4.19. The van der Waals surface area contributed by atoms with Crippen LogP contribution in [0.15, 0.2) is 76.7 Å². The number of aliphatic hydroxyl groups excluding tert-OH is 3. The van der Waals surface area contributed by atoms with Crippen molar-refractivity contribution in [3.63, 3.8) is 0 Å². The molecule has 0 bridgehead atoms. The van der Waals surface area contributed by atoms with E-state index in [1.807, 2.05) is 55.7 Å². The molecule has 0 radical (unpaired) electrons. The number of nitrogens with one attached hydrogen (secondary N) is 3. The van der Waals surface area contributed by atoms with Gasteiger partial charge in [-0.1, -0.05) is 68.7 Å². The van der Waals surface area contributed by atoms with Gasteiger partial charge in [0.05, 0.1) is 60.8 Å². The Hall–Kier alpha value is -4.78. The van der Waals surface area contributed by atoms with Gasteiger partial charge in [-0.25, -0.2) is 4.99 Å². The Kier molecular flexibility index (Phi) is 14.9. The number of aliphatic hydroxyl groups is 5. The van der Waals surface area contributed by atoms with Crippen LogP contribution in [0, 0.1) is 87.8 Å². The van der Waals surface area contributed by atoms with Crippen molar-refractivity contribution in [2.24, 2.45) is 86.7 Å². The number of H-pyrrole nitrogens is 1. The van der Waals surface area contributed by atoms with Crippen molar-refractivity contribution in [2.75, 3.05) is 19.7 Å². The maximum absolute atomic E-state index is 15.2. The third kappa shape index (κ3) is 9.52. The Bertz CT molecular complexity index is 2620. The van der Waals surface area contributed by atoms with Gasteiger partial charge in [0.2, 0.25) is 0 Å². The van der Waals surface area contributed by atoms with Gasteiger partial charge < -0.3 is 51.6 Å². The molecule has 8 aliphatic rings. The number of hydrogen-bond donors (Lipinski definition) is 9. The number of benzene rings is 1. The first kappa shape index (κ1) is 53.6. The van der Waals surface area contributed by atoms with Gasteiger partial charge in [-0.3, -0.25) is 14.4 Å².